The van der Waals surface area contributed by atoms with E-state index in [9.17, 15) is 23.2 Å². The number of ether oxygens (including phenoxy) is 1. The highest BCUT2D eigenvalue weighted by Crippen LogP contribution is 2.31. The number of hydrogen-bond acceptors (Lipinski definition) is 6. The van der Waals surface area contributed by atoms with Gasteiger partial charge in [-0.3, -0.25) is 19.8 Å². The number of aromatic amines is 1. The van der Waals surface area contributed by atoms with E-state index in [1.54, 1.807) is 24.1 Å². The van der Waals surface area contributed by atoms with E-state index in [1.165, 1.54) is 48.7 Å². The second-order valence-corrected chi connectivity index (χ2v) is 9.81. The number of imide groups is 1. The Hall–Kier alpha value is -5.54. The number of hydrogen-bond donors (Lipinski definition) is 3. The van der Waals surface area contributed by atoms with Crippen molar-refractivity contribution >= 4 is 34.6 Å². The number of amides is 4. The Kier molecular flexibility index (Phi) is 10.4. The summed E-state index contributed by atoms with van der Waals surface area (Å²) >= 11 is 0. The summed E-state index contributed by atoms with van der Waals surface area (Å²) in [6.07, 6.45) is 2.66. The molecular formula is C32H30F2N6O4. The van der Waals surface area contributed by atoms with Crippen LogP contribution >= 0.6 is 0 Å². The first-order valence-corrected chi connectivity index (χ1v) is 13.5. The molecule has 0 bridgehead atoms. The third-order valence-corrected chi connectivity index (χ3v) is 6.37. The van der Waals surface area contributed by atoms with Crippen molar-refractivity contribution in [2.75, 3.05) is 39.0 Å². The monoisotopic (exact) mass is 600 g/mol. The van der Waals surface area contributed by atoms with Crippen LogP contribution in [0.5, 0.6) is 11.5 Å². The minimum absolute atomic E-state index is 0.0915. The number of benzene rings is 2. The number of H-pyrrole nitrogens is 1. The van der Waals surface area contributed by atoms with Gasteiger partial charge in [-0.05, 0) is 61.0 Å². The zero-order chi connectivity index (χ0) is 31.6. The zero-order valence-corrected chi connectivity index (χ0v) is 24.1. The number of likely N-dealkylation sites (N-methyl/N-ethyl adjacent to an activating group) is 2. The number of urea groups is 1. The van der Waals surface area contributed by atoms with Gasteiger partial charge in [0.15, 0.2) is 11.6 Å². The summed E-state index contributed by atoms with van der Waals surface area (Å²) < 4.78 is 33.8. The molecule has 0 radical (unpaired) electrons. The first-order valence-electron chi connectivity index (χ1n) is 13.5. The van der Waals surface area contributed by atoms with Crippen molar-refractivity contribution in [3.8, 4) is 23.3 Å². The number of halogens is 2. The van der Waals surface area contributed by atoms with Crippen LogP contribution in [0.15, 0.2) is 73.4 Å². The minimum Gasteiger partial charge on any atom is -0.453 e. The Morgan fingerprint density at radius 1 is 1.05 bits per heavy atom. The van der Waals surface area contributed by atoms with Crippen molar-refractivity contribution in [2.24, 2.45) is 0 Å². The molecule has 226 valence electrons. The lowest BCUT2D eigenvalue weighted by Crippen LogP contribution is -2.35. The first kappa shape index (κ1) is 31.4. The highest BCUT2D eigenvalue weighted by atomic mass is 19.1. The van der Waals surface area contributed by atoms with Gasteiger partial charge in [0.25, 0.3) is 0 Å². The number of carbonyl (C=O) groups excluding carboxylic acids is 3. The predicted octanol–water partition coefficient (Wildman–Crippen LogP) is 4.45. The molecule has 0 saturated heterocycles. The van der Waals surface area contributed by atoms with E-state index in [4.69, 9.17) is 4.74 Å². The molecule has 12 heteroatoms. The van der Waals surface area contributed by atoms with Gasteiger partial charge in [0.05, 0.1) is 24.0 Å². The van der Waals surface area contributed by atoms with Crippen LogP contribution in [-0.2, 0) is 16.0 Å². The fourth-order valence-electron chi connectivity index (χ4n) is 4.00. The van der Waals surface area contributed by atoms with Gasteiger partial charge in [0.2, 0.25) is 11.8 Å². The summed E-state index contributed by atoms with van der Waals surface area (Å²) in [6.45, 7) is 5.12. The Balaban J connectivity index is 1.34. The lowest BCUT2D eigenvalue weighted by molar-refractivity contribution is -0.125. The molecule has 10 nitrogen and oxygen atoms in total. The number of pyridine rings is 1. The maximum Gasteiger partial charge on any atom is 0.325 e. The summed E-state index contributed by atoms with van der Waals surface area (Å²) in [6, 6.07) is 11.7. The molecule has 0 saturated carbocycles. The van der Waals surface area contributed by atoms with Crippen molar-refractivity contribution in [1.29, 1.82) is 0 Å². The number of nitrogens with zero attached hydrogens (tertiary/aromatic N) is 3. The molecule has 2 heterocycles. The average Bonchev–Trinajstić information content (AvgIpc) is 3.41. The van der Waals surface area contributed by atoms with E-state index in [-0.39, 0.29) is 23.8 Å². The molecule has 2 aromatic carbocycles. The van der Waals surface area contributed by atoms with Crippen LogP contribution in [-0.4, -0.2) is 71.3 Å². The molecule has 0 aliphatic carbocycles. The van der Waals surface area contributed by atoms with E-state index in [0.717, 1.165) is 6.07 Å². The predicted molar refractivity (Wildman–Crippen MR) is 162 cm³/mol. The molecule has 0 unspecified atom stereocenters. The SMILES string of the molecule is C=CC(=O)N(C)CCN(C)CC#Cc1cc2c(Oc3ccc(NC(=O)NC(=O)Cc4ccc(F)cc4)cc3F)ccnc2[nH]1. The summed E-state index contributed by atoms with van der Waals surface area (Å²) in [5, 5.41) is 5.14. The summed E-state index contributed by atoms with van der Waals surface area (Å²) in [5.41, 5.74) is 1.73. The highest BCUT2D eigenvalue weighted by molar-refractivity contribution is 6.01. The standard InChI is InChI=1S/C32H30F2N6O4/c1-4-30(42)40(3)17-16-39(2)15-5-6-23-19-25-27(13-14-35-31(25)36-23)44-28-12-11-24(20-26(28)34)37-32(43)38-29(41)18-21-7-9-22(33)10-8-21/h4,7-14,19-20H,1,15-18H2,2-3H3,(H,35,36)(H2,37,38,41,43). The molecule has 2 aromatic heterocycles. The third-order valence-electron chi connectivity index (χ3n) is 6.37. The number of fused-ring (bicyclic) bond motifs is 1. The van der Waals surface area contributed by atoms with Gasteiger partial charge >= 0.3 is 6.03 Å². The van der Waals surface area contributed by atoms with Gasteiger partial charge in [-0.15, -0.1) is 0 Å². The average molecular weight is 601 g/mol. The van der Waals surface area contributed by atoms with Gasteiger partial charge < -0.3 is 19.9 Å². The summed E-state index contributed by atoms with van der Waals surface area (Å²) in [7, 11) is 3.61. The van der Waals surface area contributed by atoms with Gasteiger partial charge in [-0.25, -0.2) is 18.6 Å². The number of carbonyl (C=O) groups is 3. The van der Waals surface area contributed by atoms with Crippen molar-refractivity contribution < 1.29 is 27.9 Å². The topological polar surface area (TPSA) is 120 Å². The van der Waals surface area contributed by atoms with Gasteiger partial charge in [0, 0.05) is 38.1 Å². The van der Waals surface area contributed by atoms with Crippen LogP contribution in [0.4, 0.5) is 19.3 Å². The molecule has 4 amide bonds. The summed E-state index contributed by atoms with van der Waals surface area (Å²) in [4.78, 5) is 46.9. The lowest BCUT2D eigenvalue weighted by Gasteiger charge is -2.19. The Morgan fingerprint density at radius 2 is 1.82 bits per heavy atom. The molecule has 0 spiro atoms. The molecule has 4 rings (SSSR count). The lowest BCUT2D eigenvalue weighted by atomic mass is 10.1. The molecule has 0 aliphatic heterocycles. The zero-order valence-electron chi connectivity index (χ0n) is 24.1. The third kappa shape index (κ3) is 8.73. The van der Waals surface area contributed by atoms with Crippen LogP contribution in [0, 0.1) is 23.5 Å². The van der Waals surface area contributed by atoms with Crippen LogP contribution in [0.3, 0.4) is 0 Å². The maximum absolute atomic E-state index is 14.9. The van der Waals surface area contributed by atoms with Gasteiger partial charge in [0.1, 0.15) is 17.2 Å². The van der Waals surface area contributed by atoms with E-state index in [1.807, 2.05) is 11.9 Å². The summed E-state index contributed by atoms with van der Waals surface area (Å²) in [5.74, 6) is 4.44. The quantitative estimate of drug-likeness (QED) is 0.183. The van der Waals surface area contributed by atoms with Crippen LogP contribution < -0.4 is 15.4 Å². The van der Waals surface area contributed by atoms with E-state index < -0.39 is 23.6 Å². The molecule has 3 N–H and O–H groups in total. The van der Waals surface area contributed by atoms with Crippen LogP contribution in [0.1, 0.15) is 11.3 Å². The smallest absolute Gasteiger partial charge is 0.325 e. The maximum atomic E-state index is 14.9. The van der Waals surface area contributed by atoms with E-state index in [0.29, 0.717) is 47.7 Å². The largest absolute Gasteiger partial charge is 0.453 e. The molecule has 4 aromatic rings. The van der Waals surface area contributed by atoms with Gasteiger partial charge in [-0.2, -0.15) is 0 Å². The Morgan fingerprint density at radius 3 is 2.55 bits per heavy atom. The highest BCUT2D eigenvalue weighted by Gasteiger charge is 2.14. The van der Waals surface area contributed by atoms with Crippen molar-refractivity contribution in [2.45, 2.75) is 6.42 Å². The first-order chi connectivity index (χ1) is 21.1. The van der Waals surface area contributed by atoms with Crippen molar-refractivity contribution in [3.63, 3.8) is 0 Å². The molecule has 0 atom stereocenters. The van der Waals surface area contributed by atoms with E-state index in [2.05, 4.69) is 39.0 Å². The molecule has 0 aliphatic rings. The molecular weight excluding hydrogens is 570 g/mol. The number of rotatable bonds is 10. The fourth-order valence-corrected chi connectivity index (χ4v) is 4.00. The van der Waals surface area contributed by atoms with Crippen LogP contribution in [0.2, 0.25) is 0 Å². The second-order valence-electron chi connectivity index (χ2n) is 9.81. The molecule has 44 heavy (non-hydrogen) atoms. The van der Waals surface area contributed by atoms with Crippen molar-refractivity contribution in [3.05, 3.63) is 96.3 Å². The normalized spacial score (nSPS) is 10.6. The van der Waals surface area contributed by atoms with E-state index >= 15 is 0 Å². The minimum atomic E-state index is -0.844. The van der Waals surface area contributed by atoms with Gasteiger partial charge in [-0.1, -0.05) is 24.6 Å². The number of aromatic nitrogens is 2. The number of nitrogens with one attached hydrogen (secondary N) is 3. The van der Waals surface area contributed by atoms with Crippen LogP contribution in [0.25, 0.3) is 11.0 Å². The molecule has 0 fully saturated rings. The fraction of sp³-hybridized carbons (Fsp3) is 0.188. The Labute approximate surface area is 252 Å². The second kappa shape index (κ2) is 14.6. The number of anilines is 1. The Bertz CT molecular complexity index is 1740. The van der Waals surface area contributed by atoms with Crippen molar-refractivity contribution in [1.82, 2.24) is 25.1 Å².